The van der Waals surface area contributed by atoms with Crippen LogP contribution in [0.3, 0.4) is 0 Å². The highest BCUT2D eigenvalue weighted by Crippen LogP contribution is 2.20. The monoisotopic (exact) mass is 355 g/mol. The molecule has 0 saturated carbocycles. The quantitative estimate of drug-likeness (QED) is 0.609. The van der Waals surface area contributed by atoms with Gasteiger partial charge in [0, 0.05) is 44.0 Å². The molecular weight excluding hydrogens is 334 g/mol. The minimum atomic E-state index is -0.408. The smallest absolute Gasteiger partial charge is 0.269 e. The second-order valence-electron chi connectivity index (χ2n) is 6.25. The van der Waals surface area contributed by atoms with Crippen molar-refractivity contribution in [2.24, 2.45) is 0 Å². The molecule has 7 nitrogen and oxygen atoms in total. The van der Waals surface area contributed by atoms with Gasteiger partial charge in [-0.1, -0.05) is 12.1 Å². The van der Waals surface area contributed by atoms with Crippen LogP contribution in [0.1, 0.15) is 5.56 Å². The highest BCUT2D eigenvalue weighted by Gasteiger charge is 2.22. The normalized spacial score (nSPS) is 14.2. The van der Waals surface area contributed by atoms with Gasteiger partial charge >= 0.3 is 0 Å². The first-order valence-corrected chi connectivity index (χ1v) is 8.49. The van der Waals surface area contributed by atoms with E-state index in [9.17, 15) is 14.9 Å². The molecule has 0 bridgehead atoms. The number of carbonyl (C=O) groups excluding carboxylic acids is 1. The molecule has 0 aromatic heterocycles. The van der Waals surface area contributed by atoms with Crippen molar-refractivity contribution in [2.45, 2.75) is 6.92 Å². The molecule has 0 atom stereocenters. The molecule has 0 radical (unpaired) electrons. The number of nitro benzene ring substituents is 1. The minimum absolute atomic E-state index is 0.0288. The van der Waals surface area contributed by atoms with Crippen LogP contribution < -0.4 is 9.64 Å². The van der Waals surface area contributed by atoms with Gasteiger partial charge in [-0.05, 0) is 36.8 Å². The lowest BCUT2D eigenvalue weighted by atomic mass is 10.2. The Morgan fingerprint density at radius 2 is 1.81 bits per heavy atom. The Balaban J connectivity index is 1.49. The summed E-state index contributed by atoms with van der Waals surface area (Å²) in [5, 5.41) is 10.7. The standard InChI is InChI=1S/C19H21N3O4/c1-15-3-2-4-18(13-15)26-14-19(23)21-11-9-20(10-12-21)16-5-7-17(8-6-16)22(24)25/h2-8,13H,9-12,14H2,1H3. The number of amides is 1. The summed E-state index contributed by atoms with van der Waals surface area (Å²) < 4.78 is 5.58. The molecule has 7 heteroatoms. The number of nitrogens with zero attached hydrogens (tertiary/aromatic N) is 3. The number of non-ortho nitro benzene ring substituents is 1. The predicted molar refractivity (Wildman–Crippen MR) is 98.6 cm³/mol. The molecule has 1 saturated heterocycles. The Bertz CT molecular complexity index is 784. The van der Waals surface area contributed by atoms with Crippen LogP contribution in [0, 0.1) is 17.0 Å². The second-order valence-corrected chi connectivity index (χ2v) is 6.25. The zero-order valence-electron chi connectivity index (χ0n) is 14.6. The van der Waals surface area contributed by atoms with Gasteiger partial charge in [-0.2, -0.15) is 0 Å². The minimum Gasteiger partial charge on any atom is -0.484 e. The third-order valence-electron chi connectivity index (χ3n) is 4.41. The lowest BCUT2D eigenvalue weighted by Gasteiger charge is -2.36. The molecule has 1 fully saturated rings. The van der Waals surface area contributed by atoms with Gasteiger partial charge in [0.05, 0.1) is 4.92 Å². The molecule has 3 rings (SSSR count). The van der Waals surface area contributed by atoms with Crippen molar-refractivity contribution in [3.63, 3.8) is 0 Å². The average molecular weight is 355 g/mol. The molecule has 0 aliphatic carbocycles. The van der Waals surface area contributed by atoms with E-state index in [0.717, 1.165) is 11.3 Å². The average Bonchev–Trinajstić information content (AvgIpc) is 2.66. The first-order chi connectivity index (χ1) is 12.5. The van der Waals surface area contributed by atoms with Crippen molar-refractivity contribution >= 4 is 17.3 Å². The van der Waals surface area contributed by atoms with E-state index >= 15 is 0 Å². The largest absolute Gasteiger partial charge is 0.484 e. The number of anilines is 1. The van der Waals surface area contributed by atoms with Crippen LogP contribution in [0.4, 0.5) is 11.4 Å². The maximum atomic E-state index is 12.3. The number of piperazine rings is 1. The van der Waals surface area contributed by atoms with E-state index in [-0.39, 0.29) is 18.2 Å². The summed E-state index contributed by atoms with van der Waals surface area (Å²) in [6.45, 7) is 4.59. The maximum Gasteiger partial charge on any atom is 0.269 e. The molecule has 0 N–H and O–H groups in total. The second kappa shape index (κ2) is 7.86. The summed E-state index contributed by atoms with van der Waals surface area (Å²) in [5.41, 5.74) is 2.10. The molecule has 1 aliphatic heterocycles. The third-order valence-corrected chi connectivity index (χ3v) is 4.41. The number of ether oxygens (including phenoxy) is 1. The molecular formula is C19H21N3O4. The summed E-state index contributed by atoms with van der Waals surface area (Å²) in [5.74, 6) is 0.665. The number of rotatable bonds is 5. The maximum absolute atomic E-state index is 12.3. The van der Waals surface area contributed by atoms with Crippen molar-refractivity contribution in [2.75, 3.05) is 37.7 Å². The van der Waals surface area contributed by atoms with Crippen LogP contribution in [0.5, 0.6) is 5.75 Å². The van der Waals surface area contributed by atoms with Gasteiger partial charge in [0.1, 0.15) is 5.75 Å². The molecule has 1 heterocycles. The van der Waals surface area contributed by atoms with E-state index in [1.54, 1.807) is 17.0 Å². The molecule has 2 aromatic rings. The van der Waals surface area contributed by atoms with Gasteiger partial charge in [-0.3, -0.25) is 14.9 Å². The van der Waals surface area contributed by atoms with E-state index in [1.165, 1.54) is 12.1 Å². The van der Waals surface area contributed by atoms with Gasteiger partial charge in [0.2, 0.25) is 0 Å². The van der Waals surface area contributed by atoms with E-state index in [0.29, 0.717) is 31.9 Å². The number of carbonyl (C=O) groups is 1. The van der Waals surface area contributed by atoms with Gasteiger partial charge in [0.25, 0.3) is 11.6 Å². The molecule has 136 valence electrons. The van der Waals surface area contributed by atoms with E-state index in [4.69, 9.17) is 4.74 Å². The molecule has 1 aliphatic rings. The Hall–Kier alpha value is -3.09. The SMILES string of the molecule is Cc1cccc(OCC(=O)N2CCN(c3ccc([N+](=O)[O-])cc3)CC2)c1. The van der Waals surface area contributed by atoms with Gasteiger partial charge in [-0.15, -0.1) is 0 Å². The number of hydrogen-bond donors (Lipinski definition) is 0. The van der Waals surface area contributed by atoms with Gasteiger partial charge in [0.15, 0.2) is 6.61 Å². The number of aryl methyl sites for hydroxylation is 1. The van der Waals surface area contributed by atoms with Crippen molar-refractivity contribution < 1.29 is 14.5 Å². The van der Waals surface area contributed by atoms with Crippen LogP contribution in [-0.4, -0.2) is 48.5 Å². The fraction of sp³-hybridized carbons (Fsp3) is 0.316. The first-order valence-electron chi connectivity index (χ1n) is 8.49. The van der Waals surface area contributed by atoms with E-state index in [2.05, 4.69) is 4.90 Å². The molecule has 0 spiro atoms. The van der Waals surface area contributed by atoms with Gasteiger partial charge < -0.3 is 14.5 Å². The first kappa shape index (κ1) is 17.7. The van der Waals surface area contributed by atoms with Crippen molar-refractivity contribution in [1.82, 2.24) is 4.90 Å². The van der Waals surface area contributed by atoms with E-state index < -0.39 is 4.92 Å². The number of benzene rings is 2. The molecule has 0 unspecified atom stereocenters. The molecule has 1 amide bonds. The van der Waals surface area contributed by atoms with Crippen molar-refractivity contribution in [3.8, 4) is 5.75 Å². The Morgan fingerprint density at radius 3 is 2.42 bits per heavy atom. The van der Waals surface area contributed by atoms with Crippen LogP contribution in [0.2, 0.25) is 0 Å². The topological polar surface area (TPSA) is 75.9 Å². The van der Waals surface area contributed by atoms with Crippen LogP contribution in [-0.2, 0) is 4.79 Å². The zero-order chi connectivity index (χ0) is 18.5. The highest BCUT2D eigenvalue weighted by molar-refractivity contribution is 5.78. The number of hydrogen-bond acceptors (Lipinski definition) is 5. The zero-order valence-corrected chi connectivity index (χ0v) is 14.6. The molecule has 2 aromatic carbocycles. The highest BCUT2D eigenvalue weighted by atomic mass is 16.6. The lowest BCUT2D eigenvalue weighted by molar-refractivity contribution is -0.384. The van der Waals surface area contributed by atoms with Crippen molar-refractivity contribution in [3.05, 3.63) is 64.2 Å². The number of nitro groups is 1. The third kappa shape index (κ3) is 4.30. The predicted octanol–water partition coefficient (Wildman–Crippen LogP) is 2.63. The summed E-state index contributed by atoms with van der Waals surface area (Å²) in [7, 11) is 0. The van der Waals surface area contributed by atoms with Crippen LogP contribution >= 0.6 is 0 Å². The summed E-state index contributed by atoms with van der Waals surface area (Å²) >= 11 is 0. The van der Waals surface area contributed by atoms with Crippen LogP contribution in [0.25, 0.3) is 0 Å². The fourth-order valence-electron chi connectivity index (χ4n) is 2.94. The Labute approximate surface area is 151 Å². The fourth-order valence-corrected chi connectivity index (χ4v) is 2.94. The summed E-state index contributed by atoms with van der Waals surface area (Å²) in [6.07, 6.45) is 0. The Morgan fingerprint density at radius 1 is 1.12 bits per heavy atom. The Kier molecular flexibility index (Phi) is 5.36. The summed E-state index contributed by atoms with van der Waals surface area (Å²) in [6, 6.07) is 14.1. The van der Waals surface area contributed by atoms with E-state index in [1.807, 2.05) is 31.2 Å². The lowest BCUT2D eigenvalue weighted by Crippen LogP contribution is -2.50. The van der Waals surface area contributed by atoms with Gasteiger partial charge in [-0.25, -0.2) is 0 Å². The van der Waals surface area contributed by atoms with Crippen LogP contribution in [0.15, 0.2) is 48.5 Å². The molecule has 26 heavy (non-hydrogen) atoms. The van der Waals surface area contributed by atoms with Crippen molar-refractivity contribution in [1.29, 1.82) is 0 Å². The summed E-state index contributed by atoms with van der Waals surface area (Å²) in [4.78, 5) is 26.6.